The minimum atomic E-state index is -0.306. The number of nitrogens with zero attached hydrogens (tertiary/aromatic N) is 3. The van der Waals surface area contributed by atoms with E-state index in [1.165, 1.54) is 0 Å². The van der Waals surface area contributed by atoms with Crippen LogP contribution in [0.2, 0.25) is 0 Å². The first-order chi connectivity index (χ1) is 14.5. The average Bonchev–Trinajstić information content (AvgIpc) is 3.14. The van der Waals surface area contributed by atoms with Crippen molar-refractivity contribution in [3.05, 3.63) is 71.3 Å². The molecule has 2 aromatic carbocycles. The van der Waals surface area contributed by atoms with Gasteiger partial charge < -0.3 is 14.8 Å². The number of aromatic nitrogens is 3. The number of rotatable bonds is 9. The topological polar surface area (TPSA) is 78.3 Å². The molecular weight excluding hydrogens is 380 g/mol. The average molecular weight is 409 g/mol. The number of carbonyl (C=O) groups excluding carboxylic acids is 1. The van der Waals surface area contributed by atoms with E-state index in [1.807, 2.05) is 49.4 Å². The summed E-state index contributed by atoms with van der Waals surface area (Å²) >= 11 is 0. The molecular formula is C23H28N4O3. The van der Waals surface area contributed by atoms with Crippen molar-refractivity contribution in [1.29, 1.82) is 0 Å². The molecule has 0 bridgehead atoms. The van der Waals surface area contributed by atoms with Gasteiger partial charge in [0.2, 0.25) is 5.82 Å². The van der Waals surface area contributed by atoms with E-state index < -0.39 is 0 Å². The third kappa shape index (κ3) is 5.24. The first kappa shape index (κ1) is 21.5. The second kappa shape index (κ2) is 10.0. The summed E-state index contributed by atoms with van der Waals surface area (Å²) in [5, 5.41) is 7.33. The molecule has 0 aliphatic carbocycles. The van der Waals surface area contributed by atoms with Crippen LogP contribution >= 0.6 is 0 Å². The smallest absolute Gasteiger partial charge is 0.291 e. The van der Waals surface area contributed by atoms with E-state index in [4.69, 9.17) is 9.47 Å². The summed E-state index contributed by atoms with van der Waals surface area (Å²) < 4.78 is 12.2. The fourth-order valence-corrected chi connectivity index (χ4v) is 3.09. The van der Waals surface area contributed by atoms with Crippen LogP contribution in [0.4, 0.5) is 0 Å². The summed E-state index contributed by atoms with van der Waals surface area (Å²) in [5.74, 6) is 1.63. The van der Waals surface area contributed by atoms with Gasteiger partial charge in [0.15, 0.2) is 0 Å². The summed E-state index contributed by atoms with van der Waals surface area (Å²) in [6.07, 6.45) is 0. The molecule has 0 fully saturated rings. The van der Waals surface area contributed by atoms with Crippen molar-refractivity contribution in [3.8, 4) is 11.4 Å². The van der Waals surface area contributed by atoms with Crippen LogP contribution in [-0.2, 0) is 11.3 Å². The Kier molecular flexibility index (Phi) is 7.19. The largest absolute Gasteiger partial charge is 0.491 e. The molecule has 0 atom stereocenters. The molecule has 1 N–H and O–H groups in total. The van der Waals surface area contributed by atoms with Crippen molar-refractivity contribution in [3.63, 3.8) is 0 Å². The maximum absolute atomic E-state index is 12.6. The molecule has 0 aliphatic heterocycles. The molecule has 1 aromatic heterocycles. The third-order valence-electron chi connectivity index (χ3n) is 4.69. The zero-order chi connectivity index (χ0) is 21.5. The van der Waals surface area contributed by atoms with E-state index in [-0.39, 0.29) is 11.7 Å². The van der Waals surface area contributed by atoms with Crippen molar-refractivity contribution >= 4 is 5.91 Å². The SMILES string of the molecule is COCCOc1ccc(CNC(=O)c2nc(C)n(-c3ccccc3C(C)C)n2)cc1. The van der Waals surface area contributed by atoms with E-state index in [9.17, 15) is 4.79 Å². The van der Waals surface area contributed by atoms with Gasteiger partial charge in [0.1, 0.15) is 18.2 Å². The highest BCUT2D eigenvalue weighted by molar-refractivity contribution is 5.90. The number of hydrogen-bond acceptors (Lipinski definition) is 5. The van der Waals surface area contributed by atoms with E-state index >= 15 is 0 Å². The lowest BCUT2D eigenvalue weighted by Gasteiger charge is -2.12. The zero-order valence-corrected chi connectivity index (χ0v) is 17.9. The lowest BCUT2D eigenvalue weighted by atomic mass is 10.0. The number of benzene rings is 2. The summed E-state index contributed by atoms with van der Waals surface area (Å²) in [4.78, 5) is 17.0. The van der Waals surface area contributed by atoms with E-state index in [1.54, 1.807) is 11.8 Å². The predicted molar refractivity (Wildman–Crippen MR) is 115 cm³/mol. The fourth-order valence-electron chi connectivity index (χ4n) is 3.09. The molecule has 0 unspecified atom stereocenters. The summed E-state index contributed by atoms with van der Waals surface area (Å²) in [7, 11) is 1.64. The van der Waals surface area contributed by atoms with Gasteiger partial charge >= 0.3 is 0 Å². The van der Waals surface area contributed by atoms with Crippen LogP contribution in [0, 0.1) is 6.92 Å². The quantitative estimate of drug-likeness (QED) is 0.547. The highest BCUT2D eigenvalue weighted by atomic mass is 16.5. The summed E-state index contributed by atoms with van der Waals surface area (Å²) in [6.45, 7) is 7.54. The maximum atomic E-state index is 12.6. The predicted octanol–water partition coefficient (Wildman–Crippen LogP) is 3.65. The van der Waals surface area contributed by atoms with Crippen molar-refractivity contribution in [2.75, 3.05) is 20.3 Å². The highest BCUT2D eigenvalue weighted by Crippen LogP contribution is 2.23. The number of amides is 1. The van der Waals surface area contributed by atoms with Gasteiger partial charge in [-0.25, -0.2) is 9.67 Å². The number of ether oxygens (including phenoxy) is 2. The Morgan fingerprint density at radius 2 is 1.83 bits per heavy atom. The molecule has 3 rings (SSSR count). The maximum Gasteiger partial charge on any atom is 0.291 e. The molecule has 30 heavy (non-hydrogen) atoms. The fraction of sp³-hybridized carbons (Fsp3) is 0.348. The molecule has 158 valence electrons. The number of para-hydroxylation sites is 1. The van der Waals surface area contributed by atoms with Crippen LogP contribution in [0.15, 0.2) is 48.5 Å². The van der Waals surface area contributed by atoms with Gasteiger partial charge in [0, 0.05) is 13.7 Å². The monoisotopic (exact) mass is 408 g/mol. The first-order valence-electron chi connectivity index (χ1n) is 10.0. The van der Waals surface area contributed by atoms with Crippen molar-refractivity contribution in [1.82, 2.24) is 20.1 Å². The van der Waals surface area contributed by atoms with Crippen LogP contribution in [0.5, 0.6) is 5.75 Å². The summed E-state index contributed by atoms with van der Waals surface area (Å²) in [6, 6.07) is 15.6. The van der Waals surface area contributed by atoms with Gasteiger partial charge in [-0.15, -0.1) is 5.10 Å². The van der Waals surface area contributed by atoms with Crippen molar-refractivity contribution < 1.29 is 14.3 Å². The van der Waals surface area contributed by atoms with E-state index in [0.717, 1.165) is 22.6 Å². The molecule has 0 radical (unpaired) electrons. The molecule has 1 amide bonds. The Balaban J connectivity index is 1.65. The Labute approximate surface area is 177 Å². The molecule has 7 nitrogen and oxygen atoms in total. The number of aryl methyl sites for hydroxylation is 1. The third-order valence-corrected chi connectivity index (χ3v) is 4.69. The Bertz CT molecular complexity index is 980. The van der Waals surface area contributed by atoms with Crippen LogP contribution in [-0.4, -0.2) is 41.0 Å². The van der Waals surface area contributed by atoms with E-state index in [2.05, 4.69) is 35.3 Å². The van der Waals surface area contributed by atoms with Crippen LogP contribution < -0.4 is 10.1 Å². The highest BCUT2D eigenvalue weighted by Gasteiger charge is 2.17. The van der Waals surface area contributed by atoms with Gasteiger partial charge in [-0.05, 0) is 42.2 Å². The molecule has 0 spiro atoms. The molecule has 0 saturated carbocycles. The standard InChI is InChI=1S/C23H28N4O3/c1-16(2)20-7-5-6-8-21(20)27-17(3)25-22(26-27)23(28)24-15-18-9-11-19(12-10-18)30-14-13-29-4/h5-12,16H,13-15H2,1-4H3,(H,24,28). The van der Waals surface area contributed by atoms with Crippen LogP contribution in [0.3, 0.4) is 0 Å². The minimum Gasteiger partial charge on any atom is -0.491 e. The summed E-state index contributed by atoms with van der Waals surface area (Å²) in [5.41, 5.74) is 3.06. The second-order valence-corrected chi connectivity index (χ2v) is 7.28. The van der Waals surface area contributed by atoms with Crippen molar-refractivity contribution in [2.45, 2.75) is 33.2 Å². The molecule has 7 heteroatoms. The molecule has 0 saturated heterocycles. The lowest BCUT2D eigenvalue weighted by Crippen LogP contribution is -2.24. The van der Waals surface area contributed by atoms with Gasteiger partial charge in [-0.1, -0.05) is 44.2 Å². The van der Waals surface area contributed by atoms with Gasteiger partial charge in [-0.2, -0.15) is 0 Å². The lowest BCUT2D eigenvalue weighted by molar-refractivity contribution is 0.0940. The number of carbonyl (C=O) groups is 1. The Morgan fingerprint density at radius 1 is 1.10 bits per heavy atom. The Morgan fingerprint density at radius 3 is 2.53 bits per heavy atom. The van der Waals surface area contributed by atoms with Crippen LogP contribution in [0.1, 0.15) is 47.3 Å². The van der Waals surface area contributed by atoms with E-state index in [0.29, 0.717) is 31.5 Å². The molecule has 3 aromatic rings. The van der Waals surface area contributed by atoms with Gasteiger partial charge in [0.05, 0.1) is 12.3 Å². The number of methoxy groups -OCH3 is 1. The molecule has 0 aliphatic rings. The second-order valence-electron chi connectivity index (χ2n) is 7.28. The van der Waals surface area contributed by atoms with Crippen LogP contribution in [0.25, 0.3) is 5.69 Å². The zero-order valence-electron chi connectivity index (χ0n) is 17.9. The first-order valence-corrected chi connectivity index (χ1v) is 10.0. The minimum absolute atomic E-state index is 0.158. The molecule has 1 heterocycles. The Hall–Kier alpha value is -3.19. The number of nitrogens with one attached hydrogen (secondary N) is 1. The number of hydrogen-bond donors (Lipinski definition) is 1. The normalized spacial score (nSPS) is 11.0. The van der Waals surface area contributed by atoms with Crippen molar-refractivity contribution in [2.24, 2.45) is 0 Å². The van der Waals surface area contributed by atoms with Gasteiger partial charge in [-0.3, -0.25) is 4.79 Å². The van der Waals surface area contributed by atoms with Gasteiger partial charge in [0.25, 0.3) is 5.91 Å².